The van der Waals surface area contributed by atoms with Gasteiger partial charge in [-0.1, -0.05) is 24.3 Å². The monoisotopic (exact) mass is 610 g/mol. The van der Waals surface area contributed by atoms with Gasteiger partial charge in [-0.25, -0.2) is 0 Å². The smallest absolute Gasteiger partial charge is 0.324 e. The molecule has 10 heteroatoms. The van der Waals surface area contributed by atoms with Gasteiger partial charge in [0.2, 0.25) is 0 Å². The van der Waals surface area contributed by atoms with Gasteiger partial charge in [0, 0.05) is 51.4 Å². The van der Waals surface area contributed by atoms with Gasteiger partial charge >= 0.3 is 23.9 Å². The molecule has 1 saturated carbocycles. The van der Waals surface area contributed by atoms with E-state index in [4.69, 9.17) is 18.9 Å². The van der Waals surface area contributed by atoms with Crippen LogP contribution in [0.1, 0.15) is 63.5 Å². The molecule has 2 aromatic carbocycles. The molecule has 0 amide bonds. The zero-order chi connectivity index (χ0) is 32.7. The zero-order valence-electron chi connectivity index (χ0n) is 27.2. The molecule has 2 aromatic rings. The largest absolute Gasteiger partial charge is 0.465 e. The number of nitrogens with zero attached hydrogens (tertiary/aromatic N) is 2. The van der Waals surface area contributed by atoms with Crippen LogP contribution in [-0.4, -0.2) is 78.5 Å². The van der Waals surface area contributed by atoms with E-state index in [0.29, 0.717) is 11.1 Å². The van der Waals surface area contributed by atoms with Crippen LogP contribution in [0.3, 0.4) is 0 Å². The third kappa shape index (κ3) is 6.39. The molecule has 0 saturated heterocycles. The maximum absolute atomic E-state index is 14.1. The summed E-state index contributed by atoms with van der Waals surface area (Å²) in [5, 5.41) is 0. The molecule has 1 aliphatic rings. The summed E-state index contributed by atoms with van der Waals surface area (Å²) in [5.41, 5.74) is -0.809. The van der Waals surface area contributed by atoms with Crippen LogP contribution in [0, 0.1) is 10.8 Å². The van der Waals surface area contributed by atoms with E-state index in [0.717, 1.165) is 11.4 Å². The van der Waals surface area contributed by atoms with Crippen LogP contribution < -0.4 is 9.80 Å². The molecular formula is C34H46N2O8. The minimum atomic E-state index is -1.88. The molecule has 0 spiro atoms. The Kier molecular flexibility index (Phi) is 11.4. The quantitative estimate of drug-likeness (QED) is 0.190. The second-order valence-corrected chi connectivity index (χ2v) is 11.3. The maximum atomic E-state index is 14.1. The summed E-state index contributed by atoms with van der Waals surface area (Å²) in [6.07, 6.45) is -0.493. The number of esters is 4. The summed E-state index contributed by atoms with van der Waals surface area (Å²) >= 11 is 0. The lowest BCUT2D eigenvalue weighted by Crippen LogP contribution is -2.59. The number of ether oxygens (including phenoxy) is 4. The number of carbonyl (C=O) groups is 4. The molecular weight excluding hydrogens is 564 g/mol. The van der Waals surface area contributed by atoms with Gasteiger partial charge in [0.25, 0.3) is 0 Å². The Morgan fingerprint density at radius 2 is 0.795 bits per heavy atom. The highest BCUT2D eigenvalue weighted by atomic mass is 16.6. The number of rotatable bonds is 12. The molecule has 1 aliphatic carbocycles. The fraction of sp³-hybridized carbons (Fsp3) is 0.529. The lowest BCUT2D eigenvalue weighted by molar-refractivity contribution is -0.192. The Hall–Kier alpha value is -4.08. The first-order valence-corrected chi connectivity index (χ1v) is 15.2. The third-order valence-electron chi connectivity index (χ3n) is 8.42. The molecule has 44 heavy (non-hydrogen) atoms. The van der Waals surface area contributed by atoms with Gasteiger partial charge in [-0.3, -0.25) is 19.2 Å². The Balaban J connectivity index is 2.43. The van der Waals surface area contributed by atoms with Crippen LogP contribution in [0.15, 0.2) is 48.5 Å². The number of hydrogen-bond donors (Lipinski definition) is 0. The van der Waals surface area contributed by atoms with Crippen molar-refractivity contribution >= 4 is 35.3 Å². The van der Waals surface area contributed by atoms with Gasteiger partial charge in [-0.2, -0.15) is 0 Å². The van der Waals surface area contributed by atoms with Crippen LogP contribution in [0.5, 0.6) is 0 Å². The van der Waals surface area contributed by atoms with Crippen molar-refractivity contribution in [2.24, 2.45) is 10.8 Å². The summed E-state index contributed by atoms with van der Waals surface area (Å²) < 4.78 is 22.4. The molecule has 2 atom stereocenters. The van der Waals surface area contributed by atoms with Crippen molar-refractivity contribution in [3.63, 3.8) is 0 Å². The van der Waals surface area contributed by atoms with E-state index in [1.165, 1.54) is 0 Å². The predicted molar refractivity (Wildman–Crippen MR) is 168 cm³/mol. The SMILES string of the molecule is CCOC(=O)C1(C(=O)OCC)C[C@H](c2ccc(N(C)C)cc2)C(C(=O)OCC)(C(=O)OCC)C[C@@H]1c1ccc(N(C)C)cc1. The number of carbonyl (C=O) groups excluding carboxylic acids is 4. The highest BCUT2D eigenvalue weighted by Crippen LogP contribution is 2.62. The second-order valence-electron chi connectivity index (χ2n) is 11.3. The first-order chi connectivity index (χ1) is 20.9. The van der Waals surface area contributed by atoms with Crippen LogP contribution >= 0.6 is 0 Å². The summed E-state index contributed by atoms with van der Waals surface area (Å²) in [6, 6.07) is 14.7. The fourth-order valence-corrected chi connectivity index (χ4v) is 6.20. The molecule has 0 aliphatic heterocycles. The third-order valence-corrected chi connectivity index (χ3v) is 8.42. The van der Waals surface area contributed by atoms with Gasteiger partial charge in [0.05, 0.1) is 26.4 Å². The molecule has 0 bridgehead atoms. The lowest BCUT2D eigenvalue weighted by atomic mass is 9.50. The average Bonchev–Trinajstić information content (AvgIpc) is 3.00. The molecule has 1 fully saturated rings. The standard InChI is InChI=1S/C34H46N2O8/c1-9-41-29(37)33(30(38)42-10-2)21-28(24-15-19-26(20-16-24)36(7)8)34(31(39)43-11-3,32(40)44-12-4)22-27(33)23-13-17-25(18-14-23)35(5)6/h13-20,27-28H,9-12,21-22H2,1-8H3/t27-,28-/m1/s1. The van der Waals surface area contributed by atoms with E-state index in [9.17, 15) is 19.2 Å². The summed E-state index contributed by atoms with van der Waals surface area (Å²) in [5.74, 6) is -5.04. The Labute approximate surface area is 260 Å². The normalized spacial score (nSPS) is 18.5. The predicted octanol–water partition coefficient (Wildman–Crippen LogP) is 4.71. The van der Waals surface area contributed by atoms with Gasteiger partial charge < -0.3 is 28.7 Å². The van der Waals surface area contributed by atoms with Crippen molar-refractivity contribution in [3.05, 3.63) is 59.7 Å². The number of anilines is 2. The van der Waals surface area contributed by atoms with Crippen molar-refractivity contribution < 1.29 is 38.1 Å². The first-order valence-electron chi connectivity index (χ1n) is 15.2. The molecule has 240 valence electrons. The van der Waals surface area contributed by atoms with Crippen LogP contribution in [0.25, 0.3) is 0 Å². The summed E-state index contributed by atoms with van der Waals surface area (Å²) in [6.45, 7) is 6.76. The van der Waals surface area contributed by atoms with E-state index in [1.54, 1.807) is 52.0 Å². The van der Waals surface area contributed by atoms with Crippen molar-refractivity contribution in [2.45, 2.75) is 52.4 Å². The average molecular weight is 611 g/mol. The zero-order valence-corrected chi connectivity index (χ0v) is 27.2. The van der Waals surface area contributed by atoms with E-state index in [2.05, 4.69) is 0 Å². The summed E-state index contributed by atoms with van der Waals surface area (Å²) in [7, 11) is 7.59. The molecule has 0 N–H and O–H groups in total. The fourth-order valence-electron chi connectivity index (χ4n) is 6.20. The Bertz CT molecular complexity index is 1170. The second kappa shape index (κ2) is 14.6. The van der Waals surface area contributed by atoms with Gasteiger partial charge in [0.15, 0.2) is 10.8 Å². The van der Waals surface area contributed by atoms with Crippen molar-refractivity contribution in [3.8, 4) is 0 Å². The minimum Gasteiger partial charge on any atom is -0.465 e. The summed E-state index contributed by atoms with van der Waals surface area (Å²) in [4.78, 5) is 60.4. The van der Waals surface area contributed by atoms with Gasteiger partial charge in [0.1, 0.15) is 0 Å². The van der Waals surface area contributed by atoms with Crippen molar-refractivity contribution in [1.82, 2.24) is 0 Å². The molecule has 3 rings (SSSR count). The Morgan fingerprint density at radius 3 is 1.00 bits per heavy atom. The number of benzene rings is 2. The van der Waals surface area contributed by atoms with E-state index in [1.807, 2.05) is 62.3 Å². The van der Waals surface area contributed by atoms with Crippen molar-refractivity contribution in [1.29, 1.82) is 0 Å². The van der Waals surface area contributed by atoms with Crippen molar-refractivity contribution in [2.75, 3.05) is 64.4 Å². The molecule has 0 heterocycles. The molecule has 0 radical (unpaired) electrons. The van der Waals surface area contributed by atoms with Gasteiger partial charge in [-0.15, -0.1) is 0 Å². The molecule has 10 nitrogen and oxygen atoms in total. The molecule has 0 unspecified atom stereocenters. The van der Waals surface area contributed by atoms with E-state index in [-0.39, 0.29) is 39.3 Å². The minimum absolute atomic E-state index is 0.0232. The van der Waals surface area contributed by atoms with E-state index < -0.39 is 46.5 Å². The topological polar surface area (TPSA) is 112 Å². The lowest BCUT2D eigenvalue weighted by Gasteiger charge is -2.50. The molecule has 0 aromatic heterocycles. The Morgan fingerprint density at radius 1 is 0.545 bits per heavy atom. The number of hydrogen-bond acceptors (Lipinski definition) is 10. The first kappa shape index (κ1) is 34.4. The maximum Gasteiger partial charge on any atom is 0.324 e. The van der Waals surface area contributed by atoms with Crippen LogP contribution in [-0.2, 0) is 38.1 Å². The van der Waals surface area contributed by atoms with E-state index >= 15 is 0 Å². The highest BCUT2D eigenvalue weighted by molar-refractivity contribution is 6.06. The van der Waals surface area contributed by atoms with Gasteiger partial charge in [-0.05, 0) is 75.9 Å². The van der Waals surface area contributed by atoms with Crippen LogP contribution in [0.4, 0.5) is 11.4 Å². The highest BCUT2D eigenvalue weighted by Gasteiger charge is 2.69. The van der Waals surface area contributed by atoms with Crippen LogP contribution in [0.2, 0.25) is 0 Å².